The van der Waals surface area contributed by atoms with Crippen molar-refractivity contribution >= 4 is 29.4 Å². The standard InChI is InChI=1S/C13H30N2O8Si2/c1-19-24(18,20-2)10-8-14-12(16)6-7-13(17)15-9-11-25(21-3,22-4)23-5/h18H,6-11H2,1-5H3,(H,14,16)(H,15,17). The number of carbonyl (C=O) groups excluding carboxylic acids is 2. The van der Waals surface area contributed by atoms with Crippen molar-refractivity contribution in [1.82, 2.24) is 10.6 Å². The molecule has 0 aliphatic rings. The molecule has 0 spiro atoms. The van der Waals surface area contributed by atoms with E-state index in [0.717, 1.165) is 0 Å². The summed E-state index contributed by atoms with van der Waals surface area (Å²) in [6.45, 7) is 0.553. The molecule has 25 heavy (non-hydrogen) atoms. The number of nitrogens with one attached hydrogen (secondary N) is 2. The summed E-state index contributed by atoms with van der Waals surface area (Å²) in [5.74, 6) is -0.533. The van der Waals surface area contributed by atoms with Gasteiger partial charge in [0.25, 0.3) is 0 Å². The van der Waals surface area contributed by atoms with Crippen LogP contribution in [0.2, 0.25) is 12.1 Å². The van der Waals surface area contributed by atoms with E-state index in [-0.39, 0.29) is 37.2 Å². The van der Waals surface area contributed by atoms with Crippen LogP contribution >= 0.6 is 0 Å². The van der Waals surface area contributed by atoms with Crippen LogP contribution in [0, 0.1) is 0 Å². The van der Waals surface area contributed by atoms with Crippen molar-refractivity contribution in [2.75, 3.05) is 48.6 Å². The highest BCUT2D eigenvalue weighted by Gasteiger charge is 2.37. The van der Waals surface area contributed by atoms with E-state index in [1.165, 1.54) is 35.5 Å². The highest BCUT2D eigenvalue weighted by atomic mass is 28.4. The van der Waals surface area contributed by atoms with Crippen LogP contribution in [0.5, 0.6) is 0 Å². The second-order valence-corrected chi connectivity index (χ2v) is 10.9. The summed E-state index contributed by atoms with van der Waals surface area (Å²) < 4.78 is 25.5. The second-order valence-electron chi connectivity index (χ2n) is 5.12. The molecule has 0 bridgehead atoms. The van der Waals surface area contributed by atoms with Crippen LogP contribution in [-0.4, -0.2) is 82.9 Å². The monoisotopic (exact) mass is 398 g/mol. The van der Waals surface area contributed by atoms with E-state index in [4.69, 9.17) is 22.1 Å². The Balaban J connectivity index is 3.97. The number of rotatable bonds is 14. The van der Waals surface area contributed by atoms with Crippen LogP contribution in [0.15, 0.2) is 0 Å². The molecule has 2 amide bonds. The van der Waals surface area contributed by atoms with Crippen LogP contribution < -0.4 is 10.6 Å². The molecule has 12 heteroatoms. The van der Waals surface area contributed by atoms with Crippen LogP contribution in [0.1, 0.15) is 12.8 Å². The SMILES string of the molecule is CO[Si](O)(CCNC(=O)CCC(=O)NCC[Si](OC)(OC)OC)OC. The van der Waals surface area contributed by atoms with Crippen molar-refractivity contribution in [3.63, 3.8) is 0 Å². The number of hydrogen-bond donors (Lipinski definition) is 3. The molecule has 0 unspecified atom stereocenters. The Kier molecular flexibility index (Phi) is 12.0. The molecule has 10 nitrogen and oxygen atoms in total. The van der Waals surface area contributed by atoms with Gasteiger partial charge >= 0.3 is 17.6 Å². The number of amides is 2. The Labute approximate surface area is 150 Å². The van der Waals surface area contributed by atoms with Crippen LogP contribution in [-0.2, 0) is 31.7 Å². The molecular weight excluding hydrogens is 368 g/mol. The van der Waals surface area contributed by atoms with Gasteiger partial charge in [-0.05, 0) is 0 Å². The first-order valence-electron chi connectivity index (χ1n) is 7.82. The van der Waals surface area contributed by atoms with E-state index in [1.54, 1.807) is 0 Å². The van der Waals surface area contributed by atoms with Gasteiger partial charge in [0, 0.05) is 73.6 Å². The molecule has 148 valence electrons. The average molecular weight is 399 g/mol. The van der Waals surface area contributed by atoms with Crippen molar-refractivity contribution in [1.29, 1.82) is 0 Å². The molecule has 0 aliphatic carbocycles. The van der Waals surface area contributed by atoms with Crippen molar-refractivity contribution in [2.24, 2.45) is 0 Å². The molecule has 0 aromatic heterocycles. The van der Waals surface area contributed by atoms with Gasteiger partial charge in [-0.25, -0.2) is 0 Å². The Morgan fingerprint density at radius 1 is 0.760 bits per heavy atom. The first-order valence-corrected chi connectivity index (χ1v) is 11.7. The molecular formula is C13H30N2O8Si2. The van der Waals surface area contributed by atoms with Crippen LogP contribution in [0.25, 0.3) is 0 Å². The summed E-state index contributed by atoms with van der Waals surface area (Å²) in [4.78, 5) is 33.3. The predicted octanol–water partition coefficient (Wildman–Crippen LogP) is -0.899. The summed E-state index contributed by atoms with van der Waals surface area (Å²) >= 11 is 0. The molecule has 0 heterocycles. The van der Waals surface area contributed by atoms with E-state index in [2.05, 4.69) is 10.6 Å². The molecule has 0 fully saturated rings. The largest absolute Gasteiger partial charge is 0.501 e. The third kappa shape index (κ3) is 9.41. The van der Waals surface area contributed by atoms with Crippen molar-refractivity contribution in [3.05, 3.63) is 0 Å². The van der Waals surface area contributed by atoms with Gasteiger partial charge in [0.1, 0.15) is 0 Å². The van der Waals surface area contributed by atoms with Gasteiger partial charge in [-0.1, -0.05) is 0 Å². The zero-order valence-corrected chi connectivity index (χ0v) is 17.5. The summed E-state index contributed by atoms with van der Waals surface area (Å²) in [5, 5.41) is 5.31. The Morgan fingerprint density at radius 2 is 1.16 bits per heavy atom. The Bertz CT molecular complexity index is 397. The maximum atomic E-state index is 11.8. The van der Waals surface area contributed by atoms with E-state index in [0.29, 0.717) is 12.6 Å². The van der Waals surface area contributed by atoms with Gasteiger partial charge in [-0.3, -0.25) is 9.59 Å². The van der Waals surface area contributed by atoms with E-state index in [9.17, 15) is 14.4 Å². The van der Waals surface area contributed by atoms with Crippen molar-refractivity contribution in [3.8, 4) is 0 Å². The molecule has 0 radical (unpaired) electrons. The first kappa shape index (κ1) is 24.1. The Hall–Kier alpha value is -0.866. The van der Waals surface area contributed by atoms with Gasteiger partial charge < -0.3 is 37.6 Å². The summed E-state index contributed by atoms with van der Waals surface area (Å²) in [5.41, 5.74) is 0. The maximum Gasteiger partial charge on any atom is 0.501 e. The third-order valence-corrected chi connectivity index (χ3v) is 8.55. The lowest BCUT2D eigenvalue weighted by Gasteiger charge is -2.24. The highest BCUT2D eigenvalue weighted by Crippen LogP contribution is 2.11. The quantitative estimate of drug-likeness (QED) is 0.322. The zero-order chi connectivity index (χ0) is 19.3. The zero-order valence-electron chi connectivity index (χ0n) is 15.5. The third-order valence-electron chi connectivity index (χ3n) is 3.67. The minimum Gasteiger partial charge on any atom is -0.390 e. The first-order chi connectivity index (χ1) is 11.8. The summed E-state index contributed by atoms with van der Waals surface area (Å²) in [6.07, 6.45) is 0.108. The summed E-state index contributed by atoms with van der Waals surface area (Å²) in [6, 6.07) is 0.640. The minimum absolute atomic E-state index is 0.0488. The van der Waals surface area contributed by atoms with Gasteiger partial charge in [0.2, 0.25) is 11.8 Å². The topological polar surface area (TPSA) is 125 Å². The van der Waals surface area contributed by atoms with Crippen LogP contribution in [0.3, 0.4) is 0 Å². The molecule has 0 saturated heterocycles. The van der Waals surface area contributed by atoms with Gasteiger partial charge in [-0.2, -0.15) is 0 Å². The van der Waals surface area contributed by atoms with E-state index in [1.807, 2.05) is 0 Å². The smallest absolute Gasteiger partial charge is 0.390 e. The predicted molar refractivity (Wildman–Crippen MR) is 93.6 cm³/mol. The van der Waals surface area contributed by atoms with Gasteiger partial charge in [-0.15, -0.1) is 0 Å². The normalized spacial score (nSPS) is 12.1. The summed E-state index contributed by atoms with van der Waals surface area (Å²) in [7, 11) is 1.33. The highest BCUT2D eigenvalue weighted by molar-refractivity contribution is 6.60. The van der Waals surface area contributed by atoms with Crippen LogP contribution in [0.4, 0.5) is 0 Å². The molecule has 0 atom stereocenters. The molecule has 3 N–H and O–H groups in total. The average Bonchev–Trinajstić information content (AvgIpc) is 2.63. The van der Waals surface area contributed by atoms with Gasteiger partial charge in [0.15, 0.2) is 0 Å². The molecule has 0 aromatic carbocycles. The van der Waals surface area contributed by atoms with Crippen molar-refractivity contribution < 1.29 is 36.5 Å². The lowest BCUT2D eigenvalue weighted by atomic mass is 10.3. The fourth-order valence-corrected chi connectivity index (χ4v) is 4.52. The van der Waals surface area contributed by atoms with E-state index >= 15 is 0 Å². The molecule has 0 aromatic rings. The second kappa shape index (κ2) is 12.5. The number of hydrogen-bond acceptors (Lipinski definition) is 8. The fourth-order valence-electron chi connectivity index (χ4n) is 1.96. The number of carbonyl (C=O) groups is 2. The maximum absolute atomic E-state index is 11.8. The molecule has 0 rings (SSSR count). The van der Waals surface area contributed by atoms with E-state index < -0.39 is 17.6 Å². The molecule has 0 aliphatic heterocycles. The Morgan fingerprint density at radius 3 is 1.52 bits per heavy atom. The lowest BCUT2D eigenvalue weighted by molar-refractivity contribution is -0.126. The minimum atomic E-state index is -3.18. The lowest BCUT2D eigenvalue weighted by Crippen LogP contribution is -2.45. The van der Waals surface area contributed by atoms with Gasteiger partial charge in [0.05, 0.1) is 0 Å². The molecule has 0 saturated carbocycles. The fraction of sp³-hybridized carbons (Fsp3) is 0.846. The van der Waals surface area contributed by atoms with Crippen molar-refractivity contribution in [2.45, 2.75) is 24.9 Å².